The molecule has 0 aliphatic carbocycles. The van der Waals surface area contributed by atoms with Gasteiger partial charge in [0.05, 0.1) is 18.0 Å². The van der Waals surface area contributed by atoms with Crippen LogP contribution in [0.4, 0.5) is 5.82 Å². The van der Waals surface area contributed by atoms with E-state index in [0.717, 1.165) is 41.2 Å². The van der Waals surface area contributed by atoms with Gasteiger partial charge in [0, 0.05) is 24.7 Å². The Morgan fingerprint density at radius 1 is 1.09 bits per heavy atom. The fourth-order valence-electron chi connectivity index (χ4n) is 4.15. The summed E-state index contributed by atoms with van der Waals surface area (Å²) >= 11 is 0. The number of rotatable bonds is 7. The highest BCUT2D eigenvalue weighted by molar-refractivity contribution is 5.98. The van der Waals surface area contributed by atoms with Crippen molar-refractivity contribution in [3.8, 4) is 22.8 Å². The highest BCUT2D eigenvalue weighted by Crippen LogP contribution is 2.34. The number of fused-ring (bicyclic) bond motifs is 1. The van der Waals surface area contributed by atoms with E-state index in [1.807, 2.05) is 73.1 Å². The zero-order valence-corrected chi connectivity index (χ0v) is 19.2. The molecule has 4 aromatic rings. The number of nitrogens with one attached hydrogen (secondary N) is 1. The van der Waals surface area contributed by atoms with Crippen LogP contribution in [0, 0.1) is 0 Å². The third kappa shape index (κ3) is 4.42. The van der Waals surface area contributed by atoms with Gasteiger partial charge in [-0.25, -0.2) is 14.6 Å². The number of likely N-dealkylation sites (tertiary alicyclic amines) is 1. The molecule has 9 nitrogen and oxygen atoms in total. The van der Waals surface area contributed by atoms with Crippen molar-refractivity contribution in [3.63, 3.8) is 0 Å². The monoisotopic (exact) mass is 457 g/mol. The average Bonchev–Trinajstić information content (AvgIpc) is 3.17. The van der Waals surface area contributed by atoms with Crippen molar-refractivity contribution in [2.24, 2.45) is 0 Å². The summed E-state index contributed by atoms with van der Waals surface area (Å²) in [5.41, 5.74) is 8.58. The number of para-hydroxylation sites is 1. The molecule has 1 saturated heterocycles. The Morgan fingerprint density at radius 3 is 2.50 bits per heavy atom. The Bertz CT molecular complexity index is 1300. The summed E-state index contributed by atoms with van der Waals surface area (Å²) in [6.45, 7) is 5.73. The number of anilines is 1. The lowest BCUT2D eigenvalue weighted by atomic mass is 10.1. The smallest absolute Gasteiger partial charge is 0.234 e. The molecule has 0 bridgehead atoms. The van der Waals surface area contributed by atoms with Crippen LogP contribution in [0.5, 0.6) is 11.5 Å². The maximum absolute atomic E-state index is 12.1. The van der Waals surface area contributed by atoms with Gasteiger partial charge in [0.25, 0.3) is 0 Å². The molecule has 1 aliphatic heterocycles. The Hall–Kier alpha value is -3.98. The van der Waals surface area contributed by atoms with Gasteiger partial charge in [0.15, 0.2) is 5.65 Å². The molecule has 0 spiro atoms. The number of carbonyl (C=O) groups is 1. The van der Waals surface area contributed by atoms with E-state index in [2.05, 4.69) is 20.2 Å². The highest BCUT2D eigenvalue weighted by atomic mass is 16.5. The lowest BCUT2D eigenvalue weighted by Crippen LogP contribution is -2.52. The largest absolute Gasteiger partial charge is 0.457 e. The first kappa shape index (κ1) is 21.8. The highest BCUT2D eigenvalue weighted by Gasteiger charge is 2.33. The SMILES string of the molecule is CC(C)NC(=O)CN1CC(n2nc(-c3ccc(Oc4ccccc4)cc3)c3c(N)ncnc32)C1. The first-order chi connectivity index (χ1) is 16.5. The van der Waals surface area contributed by atoms with Gasteiger partial charge in [-0.05, 0) is 50.2 Å². The maximum atomic E-state index is 12.1. The predicted octanol–water partition coefficient (Wildman–Crippen LogP) is 3.25. The Balaban J connectivity index is 1.37. The van der Waals surface area contributed by atoms with Crippen molar-refractivity contribution < 1.29 is 9.53 Å². The van der Waals surface area contributed by atoms with Crippen molar-refractivity contribution in [1.29, 1.82) is 0 Å². The van der Waals surface area contributed by atoms with Crippen LogP contribution in [0.3, 0.4) is 0 Å². The number of nitrogens with two attached hydrogens (primary N) is 1. The number of hydrogen-bond acceptors (Lipinski definition) is 7. The summed E-state index contributed by atoms with van der Waals surface area (Å²) in [6.07, 6.45) is 1.46. The third-order valence-electron chi connectivity index (χ3n) is 5.73. The van der Waals surface area contributed by atoms with E-state index in [0.29, 0.717) is 18.0 Å². The molecule has 34 heavy (non-hydrogen) atoms. The summed E-state index contributed by atoms with van der Waals surface area (Å²) in [5.74, 6) is 1.93. The van der Waals surface area contributed by atoms with Gasteiger partial charge in [-0.2, -0.15) is 5.10 Å². The lowest BCUT2D eigenvalue weighted by Gasteiger charge is -2.38. The second kappa shape index (κ2) is 9.11. The third-order valence-corrected chi connectivity index (χ3v) is 5.73. The van der Waals surface area contributed by atoms with E-state index in [1.165, 1.54) is 6.33 Å². The van der Waals surface area contributed by atoms with Crippen molar-refractivity contribution in [3.05, 3.63) is 60.9 Å². The van der Waals surface area contributed by atoms with Crippen molar-refractivity contribution in [1.82, 2.24) is 30.0 Å². The van der Waals surface area contributed by atoms with E-state index >= 15 is 0 Å². The van der Waals surface area contributed by atoms with Gasteiger partial charge in [0.1, 0.15) is 29.3 Å². The number of carbonyl (C=O) groups excluding carboxylic acids is 1. The summed E-state index contributed by atoms with van der Waals surface area (Å²) in [7, 11) is 0. The Labute approximate surface area is 197 Å². The first-order valence-electron chi connectivity index (χ1n) is 11.3. The van der Waals surface area contributed by atoms with Crippen LogP contribution in [0.2, 0.25) is 0 Å². The lowest BCUT2D eigenvalue weighted by molar-refractivity contribution is -0.124. The minimum atomic E-state index is 0.0313. The average molecular weight is 458 g/mol. The number of hydrogen-bond donors (Lipinski definition) is 2. The molecule has 9 heteroatoms. The molecule has 0 radical (unpaired) electrons. The van der Waals surface area contributed by atoms with Crippen LogP contribution in [0.15, 0.2) is 60.9 Å². The van der Waals surface area contributed by atoms with Gasteiger partial charge in [0.2, 0.25) is 5.91 Å². The van der Waals surface area contributed by atoms with Gasteiger partial charge >= 0.3 is 0 Å². The van der Waals surface area contributed by atoms with E-state index in [1.54, 1.807) is 0 Å². The van der Waals surface area contributed by atoms with Crippen LogP contribution in [-0.4, -0.2) is 56.2 Å². The molecule has 2 aromatic carbocycles. The quantitative estimate of drug-likeness (QED) is 0.438. The second-order valence-corrected chi connectivity index (χ2v) is 8.76. The van der Waals surface area contributed by atoms with Crippen LogP contribution < -0.4 is 15.8 Å². The van der Waals surface area contributed by atoms with E-state index in [-0.39, 0.29) is 18.0 Å². The van der Waals surface area contributed by atoms with Crippen molar-refractivity contribution in [2.75, 3.05) is 25.4 Å². The van der Waals surface area contributed by atoms with Crippen LogP contribution in [0.25, 0.3) is 22.3 Å². The fraction of sp³-hybridized carbons (Fsp3) is 0.280. The van der Waals surface area contributed by atoms with Gasteiger partial charge in [-0.3, -0.25) is 9.69 Å². The van der Waals surface area contributed by atoms with Crippen LogP contribution in [0.1, 0.15) is 19.9 Å². The summed E-state index contributed by atoms with van der Waals surface area (Å²) in [5, 5.41) is 8.54. The molecule has 0 atom stereocenters. The standard InChI is InChI=1S/C25H27N7O2/c1-16(2)29-21(33)14-31-12-18(13-31)32-25-22(24(26)27-15-28-25)23(30-32)17-8-10-20(11-9-17)34-19-6-4-3-5-7-19/h3-11,15-16,18H,12-14H2,1-2H3,(H,29,33)(H2,26,27,28). The molecule has 174 valence electrons. The van der Waals surface area contributed by atoms with E-state index in [4.69, 9.17) is 15.6 Å². The first-order valence-corrected chi connectivity index (χ1v) is 11.3. The molecule has 3 N–H and O–H groups in total. The molecular formula is C25H27N7O2. The van der Waals surface area contributed by atoms with E-state index < -0.39 is 0 Å². The maximum Gasteiger partial charge on any atom is 0.234 e. The number of ether oxygens (including phenoxy) is 1. The summed E-state index contributed by atoms with van der Waals surface area (Å²) < 4.78 is 7.82. The van der Waals surface area contributed by atoms with Crippen LogP contribution in [-0.2, 0) is 4.79 Å². The van der Waals surface area contributed by atoms with Gasteiger partial charge < -0.3 is 15.8 Å². The fourth-order valence-corrected chi connectivity index (χ4v) is 4.15. The Kier molecular flexibility index (Phi) is 5.85. The number of amides is 1. The molecule has 0 saturated carbocycles. The zero-order valence-electron chi connectivity index (χ0n) is 19.2. The van der Waals surface area contributed by atoms with Crippen LogP contribution >= 0.6 is 0 Å². The van der Waals surface area contributed by atoms with Crippen molar-refractivity contribution >= 4 is 22.8 Å². The summed E-state index contributed by atoms with van der Waals surface area (Å²) in [4.78, 5) is 22.8. The molecular weight excluding hydrogens is 430 g/mol. The number of nitrogen functional groups attached to an aromatic ring is 1. The molecule has 1 aliphatic rings. The van der Waals surface area contributed by atoms with E-state index in [9.17, 15) is 4.79 Å². The molecule has 1 fully saturated rings. The molecule has 2 aromatic heterocycles. The number of aromatic nitrogens is 4. The van der Waals surface area contributed by atoms with Gasteiger partial charge in [-0.1, -0.05) is 18.2 Å². The predicted molar refractivity (Wildman–Crippen MR) is 130 cm³/mol. The zero-order chi connectivity index (χ0) is 23.7. The normalized spacial score (nSPS) is 14.3. The minimum absolute atomic E-state index is 0.0313. The van der Waals surface area contributed by atoms with Gasteiger partial charge in [-0.15, -0.1) is 0 Å². The van der Waals surface area contributed by atoms with Crippen molar-refractivity contribution in [2.45, 2.75) is 25.9 Å². The number of benzene rings is 2. The minimum Gasteiger partial charge on any atom is -0.457 e. The summed E-state index contributed by atoms with van der Waals surface area (Å²) in [6, 6.07) is 17.6. The molecule has 0 unspecified atom stereocenters. The Morgan fingerprint density at radius 2 is 1.79 bits per heavy atom. The second-order valence-electron chi connectivity index (χ2n) is 8.76. The topological polar surface area (TPSA) is 111 Å². The molecule has 1 amide bonds. The number of nitrogens with zero attached hydrogens (tertiary/aromatic N) is 5. The molecule has 5 rings (SSSR count). The molecule has 3 heterocycles.